The molecule has 41 heavy (non-hydrogen) atoms. The van der Waals surface area contributed by atoms with Crippen LogP contribution in [-0.2, 0) is 27.3 Å². The van der Waals surface area contributed by atoms with Crippen LogP contribution in [0.15, 0.2) is 42.5 Å². The van der Waals surface area contributed by atoms with Crippen molar-refractivity contribution in [3.8, 4) is 5.75 Å². The van der Waals surface area contributed by atoms with Gasteiger partial charge in [-0.15, -0.1) is 0 Å². The molecule has 4 N–H and O–H groups in total. The van der Waals surface area contributed by atoms with Crippen molar-refractivity contribution in [2.45, 2.75) is 82.1 Å². The topological polar surface area (TPSA) is 120 Å². The molecule has 3 aliphatic rings. The van der Waals surface area contributed by atoms with Crippen molar-refractivity contribution in [3.63, 3.8) is 0 Å². The predicted molar refractivity (Wildman–Crippen MR) is 159 cm³/mol. The molecule has 1 fully saturated rings. The lowest BCUT2D eigenvalue weighted by Gasteiger charge is -2.44. The summed E-state index contributed by atoms with van der Waals surface area (Å²) < 4.78 is 12.5. The van der Waals surface area contributed by atoms with Gasteiger partial charge in [0.05, 0.1) is 24.8 Å². The molecule has 2 aromatic carbocycles. The molecule has 6 atom stereocenters. The number of anilines is 1. The molecule has 2 aromatic rings. The van der Waals surface area contributed by atoms with Gasteiger partial charge < -0.3 is 34.9 Å². The molecule has 1 saturated heterocycles. The summed E-state index contributed by atoms with van der Waals surface area (Å²) in [5.74, 6) is 0.328. The Bertz CT molecular complexity index is 1260. The van der Waals surface area contributed by atoms with E-state index in [1.807, 2.05) is 56.4 Å². The van der Waals surface area contributed by atoms with E-state index in [2.05, 4.69) is 16.7 Å². The normalized spacial score (nSPS) is 26.5. The summed E-state index contributed by atoms with van der Waals surface area (Å²) >= 11 is 0. The van der Waals surface area contributed by atoms with Gasteiger partial charge in [-0.1, -0.05) is 31.2 Å². The number of carbonyl (C=O) groups excluding carboxylic acids is 2. The minimum absolute atomic E-state index is 0.0489. The number of rotatable bonds is 8. The fourth-order valence-corrected chi connectivity index (χ4v) is 8.56. The van der Waals surface area contributed by atoms with E-state index in [1.54, 1.807) is 12.0 Å². The number of hydrogen-bond donors (Lipinski definition) is 4. The molecule has 0 bridgehead atoms. The summed E-state index contributed by atoms with van der Waals surface area (Å²) in [5, 5.41) is 16.4. The number of nitrogens with one attached hydrogen (secondary N) is 2. The highest BCUT2D eigenvalue weighted by molar-refractivity contribution is 6.71. The number of aliphatic hydroxyl groups excluding tert-OH is 1. The Morgan fingerprint density at radius 2 is 1.98 bits per heavy atom. The number of aliphatic hydroxyl groups is 1. The third kappa shape index (κ3) is 6.22. The van der Waals surface area contributed by atoms with Gasteiger partial charge in [0.1, 0.15) is 11.9 Å². The van der Waals surface area contributed by atoms with E-state index in [4.69, 9.17) is 9.47 Å². The SMILES string of the molecule is CO[C@@H]1c2cc(NC(=O)[C@H]3CCCN3)ccc2O[C@H](C(CC(=O)N2Cc3ccccc3C[C@H]2CO)[Si](C)(C)O)[C@H]1C. The third-order valence-corrected chi connectivity index (χ3v) is 11.4. The first-order valence-electron chi connectivity index (χ1n) is 14.7. The maximum Gasteiger partial charge on any atom is 0.241 e. The first-order valence-corrected chi connectivity index (χ1v) is 17.7. The summed E-state index contributed by atoms with van der Waals surface area (Å²) in [6, 6.07) is 13.1. The maximum absolute atomic E-state index is 13.8. The molecule has 3 heterocycles. The zero-order chi connectivity index (χ0) is 29.3. The van der Waals surface area contributed by atoms with Gasteiger partial charge in [-0.2, -0.15) is 0 Å². The standard InChI is InChI=1S/C31H43N3O6Si/c1-19-29(39-2)24-15-22(33-31(37)25-10-7-13-32-25)11-12-26(24)40-30(19)27(41(3,4)38)16-28(36)34-17-21-9-6-5-8-20(21)14-23(34)18-35/h5-6,8-9,11-12,15,19,23,25,27,29-30,32,35,38H,7,10,13-14,16-18H2,1-4H3,(H,33,37)/t19-,23-,25+,27?,29-,30-/m0/s1. The van der Waals surface area contributed by atoms with Gasteiger partial charge in [0, 0.05) is 42.8 Å². The van der Waals surface area contributed by atoms with Crippen LogP contribution in [0.3, 0.4) is 0 Å². The molecular weight excluding hydrogens is 538 g/mol. The number of methoxy groups -OCH3 is 1. The molecule has 3 aliphatic heterocycles. The Morgan fingerprint density at radius 1 is 1.22 bits per heavy atom. The van der Waals surface area contributed by atoms with Crippen LogP contribution in [0.5, 0.6) is 5.75 Å². The maximum atomic E-state index is 13.8. The minimum Gasteiger partial charge on any atom is -0.490 e. The Hall–Kier alpha value is -2.76. The van der Waals surface area contributed by atoms with Crippen LogP contribution >= 0.6 is 0 Å². The average Bonchev–Trinajstić information content (AvgIpc) is 3.50. The zero-order valence-corrected chi connectivity index (χ0v) is 25.4. The highest BCUT2D eigenvalue weighted by Gasteiger charge is 2.48. The summed E-state index contributed by atoms with van der Waals surface area (Å²) in [6.07, 6.45) is 1.75. The van der Waals surface area contributed by atoms with Crippen molar-refractivity contribution in [3.05, 3.63) is 59.2 Å². The Labute approximate surface area is 243 Å². The minimum atomic E-state index is -2.91. The third-order valence-electron chi connectivity index (χ3n) is 9.06. The summed E-state index contributed by atoms with van der Waals surface area (Å²) in [6.45, 7) is 6.90. The van der Waals surface area contributed by atoms with Crippen molar-refractivity contribution >= 4 is 25.8 Å². The molecule has 9 nitrogen and oxygen atoms in total. The van der Waals surface area contributed by atoms with Crippen molar-refractivity contribution in [2.24, 2.45) is 5.92 Å². The summed E-state index contributed by atoms with van der Waals surface area (Å²) in [7, 11) is -1.26. The van der Waals surface area contributed by atoms with Crippen molar-refractivity contribution in [1.82, 2.24) is 10.2 Å². The van der Waals surface area contributed by atoms with Crippen LogP contribution < -0.4 is 15.4 Å². The van der Waals surface area contributed by atoms with Gasteiger partial charge in [-0.25, -0.2) is 0 Å². The van der Waals surface area contributed by atoms with Gasteiger partial charge in [0.2, 0.25) is 11.8 Å². The van der Waals surface area contributed by atoms with E-state index in [0.717, 1.165) is 36.1 Å². The predicted octanol–water partition coefficient (Wildman–Crippen LogP) is 3.37. The van der Waals surface area contributed by atoms with Crippen molar-refractivity contribution < 1.29 is 29.0 Å². The first kappa shape index (κ1) is 29.7. The highest BCUT2D eigenvalue weighted by atomic mass is 28.4. The Morgan fingerprint density at radius 3 is 2.63 bits per heavy atom. The van der Waals surface area contributed by atoms with Gasteiger partial charge in [0.25, 0.3) is 0 Å². The van der Waals surface area contributed by atoms with Crippen molar-refractivity contribution in [2.75, 3.05) is 25.6 Å². The van der Waals surface area contributed by atoms with E-state index in [0.29, 0.717) is 24.4 Å². The zero-order valence-electron chi connectivity index (χ0n) is 24.4. The van der Waals surface area contributed by atoms with E-state index in [9.17, 15) is 19.5 Å². The monoisotopic (exact) mass is 581 g/mol. The molecule has 222 valence electrons. The first-order chi connectivity index (χ1) is 19.6. The van der Waals surface area contributed by atoms with Crippen LogP contribution in [0.2, 0.25) is 18.6 Å². The molecule has 1 unspecified atom stereocenters. The van der Waals surface area contributed by atoms with E-state index < -0.39 is 20.0 Å². The van der Waals surface area contributed by atoms with Gasteiger partial charge in [-0.05, 0) is 68.2 Å². The van der Waals surface area contributed by atoms with E-state index >= 15 is 0 Å². The Kier molecular flexibility index (Phi) is 8.86. The molecule has 10 heteroatoms. The van der Waals surface area contributed by atoms with Crippen LogP contribution in [-0.4, -0.2) is 73.4 Å². The molecule has 5 rings (SSSR count). The quantitative estimate of drug-likeness (QED) is 0.353. The molecule has 0 aromatic heterocycles. The van der Waals surface area contributed by atoms with Gasteiger partial charge in [-0.3, -0.25) is 9.59 Å². The average molecular weight is 582 g/mol. The number of fused-ring (bicyclic) bond motifs is 2. The lowest BCUT2D eigenvalue weighted by molar-refractivity contribution is -0.136. The van der Waals surface area contributed by atoms with Crippen LogP contribution in [0.25, 0.3) is 0 Å². The molecule has 2 amide bonds. The second kappa shape index (κ2) is 12.2. The molecule has 0 radical (unpaired) electrons. The lowest BCUT2D eigenvalue weighted by Crippen LogP contribution is -2.52. The number of benzene rings is 2. The summed E-state index contributed by atoms with van der Waals surface area (Å²) in [4.78, 5) is 39.8. The van der Waals surface area contributed by atoms with Crippen LogP contribution in [0.4, 0.5) is 5.69 Å². The summed E-state index contributed by atoms with van der Waals surface area (Å²) in [5.41, 5.74) is 3.36. The lowest BCUT2D eigenvalue weighted by atomic mass is 9.86. The molecule has 0 spiro atoms. The second-order valence-corrected chi connectivity index (χ2v) is 16.3. The molecular formula is C31H43N3O6Si. The second-order valence-electron chi connectivity index (χ2n) is 12.3. The number of nitrogens with zero attached hydrogens (tertiary/aromatic N) is 1. The van der Waals surface area contributed by atoms with E-state index in [-0.39, 0.29) is 48.9 Å². The molecule has 0 saturated carbocycles. The van der Waals surface area contributed by atoms with Gasteiger partial charge in [0.15, 0.2) is 8.32 Å². The number of ether oxygens (including phenoxy) is 2. The number of carbonyl (C=O) groups is 2. The fourth-order valence-electron chi connectivity index (χ4n) is 6.71. The van der Waals surface area contributed by atoms with Crippen molar-refractivity contribution in [1.29, 1.82) is 0 Å². The number of amides is 2. The van der Waals surface area contributed by atoms with E-state index in [1.165, 1.54) is 0 Å². The molecule has 0 aliphatic carbocycles. The largest absolute Gasteiger partial charge is 0.490 e. The Balaban J connectivity index is 1.37. The van der Waals surface area contributed by atoms with Gasteiger partial charge >= 0.3 is 0 Å². The smallest absolute Gasteiger partial charge is 0.241 e. The highest BCUT2D eigenvalue weighted by Crippen LogP contribution is 2.47. The van der Waals surface area contributed by atoms with Crippen LogP contribution in [0, 0.1) is 5.92 Å². The number of hydrogen-bond acceptors (Lipinski definition) is 7. The fraction of sp³-hybridized carbons (Fsp3) is 0.548. The van der Waals surface area contributed by atoms with Crippen LogP contribution in [0.1, 0.15) is 49.0 Å².